The second-order valence-corrected chi connectivity index (χ2v) is 3.75. The van der Waals surface area contributed by atoms with E-state index in [-0.39, 0.29) is 6.54 Å². The number of carboxylic acid groups (broad SMARTS) is 1. The van der Waals surface area contributed by atoms with Crippen molar-refractivity contribution in [2.75, 3.05) is 26.2 Å². The Kier molecular flexibility index (Phi) is 4.40. The van der Waals surface area contributed by atoms with Gasteiger partial charge < -0.3 is 21.1 Å². The van der Waals surface area contributed by atoms with Crippen LogP contribution in [0.1, 0.15) is 0 Å². The molecule has 0 bridgehead atoms. The topological polar surface area (TPSA) is 150 Å². The smallest absolute Gasteiger partial charge is 0.325 e. The van der Waals surface area contributed by atoms with Gasteiger partial charge in [-0.15, -0.1) is 0 Å². The lowest BCUT2D eigenvalue weighted by Crippen LogP contribution is -2.47. The molecule has 0 aromatic heterocycles. The molecule has 1 heterocycles. The number of hydrogen-bond donors (Lipinski definition) is 3. The van der Waals surface area contributed by atoms with Crippen LogP contribution in [0.15, 0.2) is 0 Å². The quantitative estimate of drug-likeness (QED) is 0.437. The fraction of sp³-hybridized carbons (Fsp3) is 0.444. The molecule has 19 heavy (non-hydrogen) atoms. The number of nitrogens with one attached hydrogen (secondary N) is 1. The zero-order chi connectivity index (χ0) is 14.6. The Morgan fingerprint density at radius 2 is 1.95 bits per heavy atom. The third-order valence-corrected chi connectivity index (χ3v) is 2.26. The van der Waals surface area contributed by atoms with Gasteiger partial charge in [-0.3, -0.25) is 24.1 Å². The molecule has 1 aliphatic rings. The molecule has 1 saturated heterocycles. The van der Waals surface area contributed by atoms with Crippen LogP contribution in [0.25, 0.3) is 0 Å². The van der Waals surface area contributed by atoms with E-state index in [2.05, 4.69) is 5.32 Å². The Balaban J connectivity index is 2.70. The molecule has 0 radical (unpaired) electrons. The third-order valence-electron chi connectivity index (χ3n) is 2.26. The predicted molar refractivity (Wildman–Crippen MR) is 58.5 cm³/mol. The lowest BCUT2D eigenvalue weighted by Gasteiger charge is -2.21. The molecule has 10 nitrogen and oxygen atoms in total. The highest BCUT2D eigenvalue weighted by atomic mass is 16.4. The van der Waals surface area contributed by atoms with Crippen molar-refractivity contribution < 1.29 is 29.1 Å². The van der Waals surface area contributed by atoms with Crippen molar-refractivity contribution in [3.05, 3.63) is 0 Å². The van der Waals surface area contributed by atoms with E-state index >= 15 is 0 Å². The second kappa shape index (κ2) is 5.80. The van der Waals surface area contributed by atoms with E-state index in [1.807, 2.05) is 0 Å². The molecule has 0 spiro atoms. The van der Waals surface area contributed by atoms with Gasteiger partial charge in [-0.1, -0.05) is 0 Å². The highest BCUT2D eigenvalue weighted by Gasteiger charge is 2.32. The second-order valence-electron chi connectivity index (χ2n) is 3.75. The van der Waals surface area contributed by atoms with Gasteiger partial charge in [0.05, 0.1) is 13.1 Å². The summed E-state index contributed by atoms with van der Waals surface area (Å²) in [5.74, 6) is -3.70. The number of nitrogens with zero attached hydrogens (tertiary/aromatic N) is 2. The molecule has 1 fully saturated rings. The van der Waals surface area contributed by atoms with Crippen LogP contribution in [0.2, 0.25) is 0 Å². The van der Waals surface area contributed by atoms with Crippen molar-refractivity contribution in [2.45, 2.75) is 0 Å². The summed E-state index contributed by atoms with van der Waals surface area (Å²) in [6, 6.07) is -0.743. The lowest BCUT2D eigenvalue weighted by atomic mass is 10.4. The molecule has 0 atom stereocenters. The minimum Gasteiger partial charge on any atom is -0.480 e. The minimum atomic E-state index is -1.34. The fourth-order valence-corrected chi connectivity index (χ4v) is 1.43. The molecule has 0 aromatic rings. The summed E-state index contributed by atoms with van der Waals surface area (Å²) in [6.45, 7) is -2.20. The van der Waals surface area contributed by atoms with Crippen molar-refractivity contribution in [2.24, 2.45) is 5.73 Å². The summed E-state index contributed by atoms with van der Waals surface area (Å²) in [5.41, 5.74) is 4.88. The molecule has 1 rings (SSSR count). The molecule has 0 unspecified atom stereocenters. The molecule has 10 heteroatoms. The summed E-state index contributed by atoms with van der Waals surface area (Å²) < 4.78 is 0. The van der Waals surface area contributed by atoms with Gasteiger partial charge in [-0.25, -0.2) is 4.79 Å². The Labute approximate surface area is 107 Å². The Morgan fingerprint density at radius 3 is 2.37 bits per heavy atom. The van der Waals surface area contributed by atoms with E-state index in [0.717, 1.165) is 0 Å². The number of imide groups is 1. The van der Waals surface area contributed by atoms with Crippen LogP contribution in [-0.2, 0) is 19.2 Å². The zero-order valence-electron chi connectivity index (χ0n) is 9.79. The molecule has 4 N–H and O–H groups in total. The molecule has 0 saturated carbocycles. The zero-order valence-corrected chi connectivity index (χ0v) is 9.79. The molecule has 0 aliphatic carbocycles. The van der Waals surface area contributed by atoms with Crippen molar-refractivity contribution in [3.63, 3.8) is 0 Å². The van der Waals surface area contributed by atoms with Gasteiger partial charge in [-0.2, -0.15) is 0 Å². The van der Waals surface area contributed by atoms with Crippen LogP contribution in [0.4, 0.5) is 4.79 Å². The summed E-state index contributed by atoms with van der Waals surface area (Å²) in [4.78, 5) is 56.8. The number of aliphatic carboxylic acids is 1. The number of primary amides is 1. The van der Waals surface area contributed by atoms with Gasteiger partial charge in [0.15, 0.2) is 0 Å². The van der Waals surface area contributed by atoms with E-state index in [9.17, 15) is 24.0 Å². The summed E-state index contributed by atoms with van der Waals surface area (Å²) >= 11 is 0. The number of rotatable bonds is 6. The Hall–Kier alpha value is -2.65. The van der Waals surface area contributed by atoms with Crippen molar-refractivity contribution >= 4 is 29.7 Å². The number of carbonyl (C=O) groups is 5. The molecular formula is C9H12N4O6. The number of nitrogens with two attached hydrogens (primary N) is 1. The summed E-state index contributed by atoms with van der Waals surface area (Å²) in [6.07, 6.45) is 0. The van der Waals surface area contributed by atoms with E-state index in [0.29, 0.717) is 9.80 Å². The lowest BCUT2D eigenvalue weighted by molar-refractivity contribution is -0.146. The molecule has 1 aliphatic heterocycles. The standard InChI is InChI=1S/C9H12N4O6/c10-5(14)2-12(4-8(17)18)7(16)3-13-6(15)1-11-9(13)19/h1-4H2,(H2,10,14)(H,11,19)(H,17,18). The molecule has 5 amide bonds. The first-order valence-corrected chi connectivity index (χ1v) is 5.17. The van der Waals surface area contributed by atoms with Crippen LogP contribution in [0.5, 0.6) is 0 Å². The van der Waals surface area contributed by atoms with Crippen LogP contribution >= 0.6 is 0 Å². The van der Waals surface area contributed by atoms with E-state index in [4.69, 9.17) is 10.8 Å². The van der Waals surface area contributed by atoms with Crippen LogP contribution in [-0.4, -0.2) is 70.8 Å². The Bertz CT molecular complexity index is 416. The first-order valence-electron chi connectivity index (χ1n) is 5.17. The van der Waals surface area contributed by atoms with Gasteiger partial charge >= 0.3 is 12.0 Å². The highest BCUT2D eigenvalue weighted by molar-refractivity contribution is 6.04. The third kappa shape index (κ3) is 3.94. The largest absolute Gasteiger partial charge is 0.480 e. The first-order chi connectivity index (χ1) is 8.81. The normalized spacial score (nSPS) is 14.2. The highest BCUT2D eigenvalue weighted by Crippen LogP contribution is 2.01. The van der Waals surface area contributed by atoms with Gasteiger partial charge in [0, 0.05) is 0 Å². The Morgan fingerprint density at radius 1 is 1.32 bits per heavy atom. The average Bonchev–Trinajstić information content (AvgIpc) is 2.58. The molecule has 0 aromatic carbocycles. The van der Waals surface area contributed by atoms with Gasteiger partial charge in [0.2, 0.25) is 11.8 Å². The van der Waals surface area contributed by atoms with Crippen LogP contribution in [0.3, 0.4) is 0 Å². The molecular weight excluding hydrogens is 260 g/mol. The number of carbonyl (C=O) groups excluding carboxylic acids is 4. The van der Waals surface area contributed by atoms with Crippen LogP contribution in [0, 0.1) is 0 Å². The van der Waals surface area contributed by atoms with E-state index < -0.39 is 49.4 Å². The average molecular weight is 272 g/mol. The van der Waals surface area contributed by atoms with Crippen molar-refractivity contribution in [1.29, 1.82) is 0 Å². The van der Waals surface area contributed by atoms with E-state index in [1.165, 1.54) is 0 Å². The predicted octanol–water partition coefficient (Wildman–Crippen LogP) is -3.06. The number of hydrogen-bond acceptors (Lipinski definition) is 5. The van der Waals surface area contributed by atoms with E-state index in [1.54, 1.807) is 0 Å². The fourth-order valence-electron chi connectivity index (χ4n) is 1.43. The molecule has 104 valence electrons. The minimum absolute atomic E-state index is 0.221. The SMILES string of the molecule is NC(=O)CN(CC(=O)O)C(=O)CN1C(=O)CNC1=O. The summed E-state index contributed by atoms with van der Waals surface area (Å²) in [5, 5.41) is 10.8. The van der Waals surface area contributed by atoms with Gasteiger partial charge in [0.1, 0.15) is 13.1 Å². The monoisotopic (exact) mass is 272 g/mol. The number of carboxylic acids is 1. The van der Waals surface area contributed by atoms with Gasteiger partial charge in [0.25, 0.3) is 5.91 Å². The number of amides is 5. The van der Waals surface area contributed by atoms with Crippen LogP contribution < -0.4 is 11.1 Å². The summed E-state index contributed by atoms with van der Waals surface area (Å²) in [7, 11) is 0. The maximum absolute atomic E-state index is 11.7. The maximum atomic E-state index is 11.7. The van der Waals surface area contributed by atoms with Crippen molar-refractivity contribution in [3.8, 4) is 0 Å². The van der Waals surface area contributed by atoms with Crippen molar-refractivity contribution in [1.82, 2.24) is 15.1 Å². The van der Waals surface area contributed by atoms with Gasteiger partial charge in [-0.05, 0) is 0 Å². The first kappa shape index (κ1) is 14.4. The number of urea groups is 1. The maximum Gasteiger partial charge on any atom is 0.325 e.